The smallest absolute Gasteiger partial charge is 0.153 e. The molecule has 1 aliphatic rings. The first kappa shape index (κ1) is 11.6. The number of hydrogen-bond acceptors (Lipinski definition) is 1. The van der Waals surface area contributed by atoms with Crippen LogP contribution in [0.3, 0.4) is 0 Å². The first-order valence-electron chi connectivity index (χ1n) is 6.62. The van der Waals surface area contributed by atoms with Crippen molar-refractivity contribution in [2.45, 2.75) is 18.8 Å². The summed E-state index contributed by atoms with van der Waals surface area (Å²) in [6.07, 6.45) is 1.78. The van der Waals surface area contributed by atoms with Crippen LogP contribution >= 0.6 is 0 Å². The second-order valence-electron chi connectivity index (χ2n) is 5.28. The van der Waals surface area contributed by atoms with E-state index in [1.807, 2.05) is 12.1 Å². The Balaban J connectivity index is 1.76. The summed E-state index contributed by atoms with van der Waals surface area (Å²) in [4.78, 5) is 7.38. The van der Waals surface area contributed by atoms with E-state index in [0.29, 0.717) is 5.52 Å². The molecule has 100 valence electrons. The Bertz CT molecular complexity index is 782. The van der Waals surface area contributed by atoms with Gasteiger partial charge in [-0.05, 0) is 30.0 Å². The van der Waals surface area contributed by atoms with E-state index in [1.54, 1.807) is 0 Å². The molecule has 20 heavy (non-hydrogen) atoms. The Morgan fingerprint density at radius 1 is 1.05 bits per heavy atom. The van der Waals surface area contributed by atoms with Gasteiger partial charge in [-0.3, -0.25) is 0 Å². The maximum atomic E-state index is 13.7. The summed E-state index contributed by atoms with van der Waals surface area (Å²) in [6, 6.07) is 10.4. The van der Waals surface area contributed by atoms with E-state index in [0.717, 1.165) is 24.7 Å². The maximum Gasteiger partial charge on any atom is 0.153 e. The number of H-pyrrole nitrogens is 1. The van der Waals surface area contributed by atoms with Crippen LogP contribution in [0, 0.1) is 11.6 Å². The van der Waals surface area contributed by atoms with Crippen molar-refractivity contribution >= 4 is 11.0 Å². The minimum absolute atomic E-state index is 0.210. The number of nitrogens with one attached hydrogen (secondary N) is 1. The molecule has 0 radical (unpaired) electrons. The second kappa shape index (κ2) is 4.13. The van der Waals surface area contributed by atoms with E-state index in [2.05, 4.69) is 22.1 Å². The third kappa shape index (κ3) is 1.72. The van der Waals surface area contributed by atoms with Crippen molar-refractivity contribution < 1.29 is 8.78 Å². The van der Waals surface area contributed by atoms with Gasteiger partial charge in [0.15, 0.2) is 5.82 Å². The van der Waals surface area contributed by atoms with Crippen molar-refractivity contribution in [1.29, 1.82) is 0 Å². The predicted octanol–water partition coefficient (Wildman–Crippen LogP) is 3.72. The van der Waals surface area contributed by atoms with Gasteiger partial charge in [0.25, 0.3) is 0 Å². The van der Waals surface area contributed by atoms with Gasteiger partial charge in [0.2, 0.25) is 0 Å². The van der Waals surface area contributed by atoms with Crippen LogP contribution in [-0.2, 0) is 12.8 Å². The third-order valence-electron chi connectivity index (χ3n) is 3.96. The number of halogens is 2. The van der Waals surface area contributed by atoms with E-state index < -0.39 is 11.6 Å². The number of aromatic nitrogens is 2. The molecule has 2 aromatic carbocycles. The lowest BCUT2D eigenvalue weighted by atomic mass is 10.1. The Labute approximate surface area is 114 Å². The average molecular weight is 270 g/mol. The molecule has 0 saturated carbocycles. The van der Waals surface area contributed by atoms with Crippen LogP contribution in [0.2, 0.25) is 0 Å². The maximum absolute atomic E-state index is 13.7. The lowest BCUT2D eigenvalue weighted by Crippen LogP contribution is -2.00. The molecule has 0 amide bonds. The highest BCUT2D eigenvalue weighted by atomic mass is 19.1. The van der Waals surface area contributed by atoms with Crippen molar-refractivity contribution in [3.63, 3.8) is 0 Å². The molecule has 1 aromatic heterocycles. The Kier molecular flexibility index (Phi) is 2.39. The molecule has 4 heteroatoms. The fraction of sp³-hybridized carbons (Fsp3) is 0.188. The fourth-order valence-electron chi connectivity index (χ4n) is 3.01. The third-order valence-corrected chi connectivity index (χ3v) is 3.96. The summed E-state index contributed by atoms with van der Waals surface area (Å²) in [5.74, 6) is -0.249. The summed E-state index contributed by atoms with van der Waals surface area (Å²) in [5, 5.41) is 0. The number of fused-ring (bicyclic) bond motifs is 2. The molecule has 3 aromatic rings. The van der Waals surface area contributed by atoms with Crippen molar-refractivity contribution in [3.05, 3.63) is 65.0 Å². The zero-order valence-corrected chi connectivity index (χ0v) is 10.7. The average Bonchev–Trinajstić information content (AvgIpc) is 3.01. The molecule has 0 unspecified atom stereocenters. The van der Waals surface area contributed by atoms with Gasteiger partial charge in [-0.2, -0.15) is 0 Å². The molecule has 0 aliphatic heterocycles. The van der Waals surface area contributed by atoms with E-state index in [9.17, 15) is 8.78 Å². The lowest BCUT2D eigenvalue weighted by molar-refractivity contribution is 0.590. The topological polar surface area (TPSA) is 28.7 Å². The van der Waals surface area contributed by atoms with E-state index in [-0.39, 0.29) is 11.4 Å². The molecule has 1 N–H and O–H groups in total. The SMILES string of the molecule is Fc1cc(F)c2nc(C3Cc4ccccc4C3)[nH]c2c1. The molecule has 0 atom stereocenters. The Hall–Kier alpha value is -2.23. The van der Waals surface area contributed by atoms with Crippen LogP contribution in [-0.4, -0.2) is 9.97 Å². The van der Waals surface area contributed by atoms with Gasteiger partial charge in [-0.15, -0.1) is 0 Å². The summed E-state index contributed by atoms with van der Waals surface area (Å²) < 4.78 is 26.9. The van der Waals surface area contributed by atoms with Gasteiger partial charge >= 0.3 is 0 Å². The van der Waals surface area contributed by atoms with Crippen molar-refractivity contribution in [3.8, 4) is 0 Å². The summed E-state index contributed by atoms with van der Waals surface area (Å²) in [6.45, 7) is 0. The van der Waals surface area contributed by atoms with Crippen LogP contribution in [0.4, 0.5) is 8.78 Å². The molecule has 1 aliphatic carbocycles. The fourth-order valence-corrected chi connectivity index (χ4v) is 3.01. The molecule has 4 rings (SSSR count). The molecular weight excluding hydrogens is 258 g/mol. The van der Waals surface area contributed by atoms with Crippen LogP contribution in [0.1, 0.15) is 22.9 Å². The number of nitrogens with zero attached hydrogens (tertiary/aromatic N) is 1. The van der Waals surface area contributed by atoms with E-state index in [4.69, 9.17) is 0 Å². The lowest BCUT2D eigenvalue weighted by Gasteiger charge is -2.03. The van der Waals surface area contributed by atoms with Crippen molar-refractivity contribution in [1.82, 2.24) is 9.97 Å². The number of imidazole rings is 1. The van der Waals surface area contributed by atoms with E-state index in [1.165, 1.54) is 17.2 Å². The van der Waals surface area contributed by atoms with Crippen LogP contribution in [0.5, 0.6) is 0 Å². The molecule has 0 spiro atoms. The minimum Gasteiger partial charge on any atom is -0.342 e. The molecule has 0 fully saturated rings. The second-order valence-corrected chi connectivity index (χ2v) is 5.28. The highest BCUT2D eigenvalue weighted by Crippen LogP contribution is 2.33. The summed E-state index contributed by atoms with van der Waals surface area (Å²) in [5.41, 5.74) is 3.26. The first-order valence-corrected chi connectivity index (χ1v) is 6.62. The van der Waals surface area contributed by atoms with Crippen molar-refractivity contribution in [2.24, 2.45) is 0 Å². The van der Waals surface area contributed by atoms with Crippen LogP contribution in [0.15, 0.2) is 36.4 Å². The number of benzene rings is 2. The van der Waals surface area contributed by atoms with Gasteiger partial charge in [-0.1, -0.05) is 24.3 Å². The zero-order valence-electron chi connectivity index (χ0n) is 10.7. The highest BCUT2D eigenvalue weighted by Gasteiger charge is 2.25. The first-order chi connectivity index (χ1) is 9.70. The number of hydrogen-bond donors (Lipinski definition) is 1. The Morgan fingerprint density at radius 2 is 1.75 bits per heavy atom. The molecular formula is C16H12F2N2. The highest BCUT2D eigenvalue weighted by molar-refractivity contribution is 5.76. The molecule has 1 heterocycles. The van der Waals surface area contributed by atoms with Crippen LogP contribution in [0.25, 0.3) is 11.0 Å². The zero-order chi connectivity index (χ0) is 13.7. The summed E-state index contributed by atoms with van der Waals surface area (Å²) >= 11 is 0. The van der Waals surface area contributed by atoms with E-state index >= 15 is 0 Å². The largest absolute Gasteiger partial charge is 0.342 e. The van der Waals surface area contributed by atoms with Gasteiger partial charge in [0.05, 0.1) is 5.52 Å². The van der Waals surface area contributed by atoms with Gasteiger partial charge in [0.1, 0.15) is 17.2 Å². The standard InChI is InChI=1S/C16H12F2N2/c17-12-7-13(18)15-14(8-12)19-16(20-15)11-5-9-3-1-2-4-10(9)6-11/h1-4,7-8,11H,5-6H2,(H,19,20). The normalized spacial score (nSPS) is 14.9. The minimum atomic E-state index is -0.613. The number of aromatic amines is 1. The Morgan fingerprint density at radius 3 is 2.45 bits per heavy atom. The molecule has 0 bridgehead atoms. The van der Waals surface area contributed by atoms with Gasteiger partial charge < -0.3 is 4.98 Å². The summed E-state index contributed by atoms with van der Waals surface area (Å²) in [7, 11) is 0. The van der Waals surface area contributed by atoms with Gasteiger partial charge in [-0.25, -0.2) is 13.8 Å². The number of rotatable bonds is 1. The van der Waals surface area contributed by atoms with Crippen molar-refractivity contribution in [2.75, 3.05) is 0 Å². The molecule has 0 saturated heterocycles. The molecule has 2 nitrogen and oxygen atoms in total. The quantitative estimate of drug-likeness (QED) is 0.717. The van der Waals surface area contributed by atoms with Gasteiger partial charge in [0, 0.05) is 12.0 Å². The predicted molar refractivity (Wildman–Crippen MR) is 72.6 cm³/mol. The van der Waals surface area contributed by atoms with Crippen LogP contribution < -0.4 is 0 Å². The monoisotopic (exact) mass is 270 g/mol.